The molecule has 0 saturated carbocycles. The number of benzene rings is 1. The lowest BCUT2D eigenvalue weighted by Crippen LogP contribution is -2.32. The molecular weight excluding hydrogens is 254 g/mol. The van der Waals surface area contributed by atoms with Crippen molar-refractivity contribution in [1.82, 2.24) is 9.88 Å². The van der Waals surface area contributed by atoms with Crippen LogP contribution in [0.5, 0.6) is 5.75 Å². The molecule has 20 heavy (non-hydrogen) atoms. The van der Waals surface area contributed by atoms with E-state index in [2.05, 4.69) is 4.98 Å². The first kappa shape index (κ1) is 12.5. The number of fused-ring (bicyclic) bond motifs is 1. The van der Waals surface area contributed by atoms with E-state index < -0.39 is 0 Å². The molecule has 2 N–H and O–H groups in total. The van der Waals surface area contributed by atoms with E-state index in [9.17, 15) is 4.79 Å². The topological polar surface area (TPSA) is 68.4 Å². The van der Waals surface area contributed by atoms with Crippen LogP contribution in [0.1, 0.15) is 15.9 Å². The Labute approximate surface area is 117 Å². The highest BCUT2D eigenvalue weighted by atomic mass is 16.5. The van der Waals surface area contributed by atoms with Crippen LogP contribution in [-0.2, 0) is 6.54 Å². The molecule has 5 heteroatoms. The lowest BCUT2D eigenvalue weighted by atomic mass is 10.1. The minimum Gasteiger partial charge on any atom is -0.491 e. The molecule has 5 nitrogen and oxygen atoms in total. The molecule has 0 saturated heterocycles. The van der Waals surface area contributed by atoms with Gasteiger partial charge in [-0.3, -0.25) is 4.79 Å². The summed E-state index contributed by atoms with van der Waals surface area (Å²) in [6.45, 7) is 1.45. The molecule has 3 rings (SSSR count). The molecular formula is C15H15N3O2. The van der Waals surface area contributed by atoms with Gasteiger partial charge in [0.25, 0.3) is 5.91 Å². The predicted octanol–water partition coefficient (Wildman–Crippen LogP) is 1.70. The van der Waals surface area contributed by atoms with Crippen molar-refractivity contribution in [3.05, 3.63) is 53.7 Å². The summed E-state index contributed by atoms with van der Waals surface area (Å²) in [5, 5.41) is 0. The fourth-order valence-corrected chi connectivity index (χ4v) is 2.25. The number of pyridine rings is 1. The van der Waals surface area contributed by atoms with Gasteiger partial charge in [0.2, 0.25) is 0 Å². The minimum atomic E-state index is -0.0404. The average Bonchev–Trinajstić information content (AvgIpc) is 2.62. The van der Waals surface area contributed by atoms with Crippen LogP contribution < -0.4 is 10.5 Å². The Kier molecular flexibility index (Phi) is 3.25. The Balaban J connectivity index is 1.88. The number of amides is 1. The zero-order valence-corrected chi connectivity index (χ0v) is 11.0. The number of nitrogens with two attached hydrogens (primary N) is 1. The van der Waals surface area contributed by atoms with E-state index in [0.29, 0.717) is 36.8 Å². The van der Waals surface area contributed by atoms with Gasteiger partial charge < -0.3 is 15.4 Å². The van der Waals surface area contributed by atoms with Crippen molar-refractivity contribution in [3.8, 4) is 5.75 Å². The second-order valence-corrected chi connectivity index (χ2v) is 4.62. The van der Waals surface area contributed by atoms with Gasteiger partial charge in [0, 0.05) is 18.3 Å². The highest BCUT2D eigenvalue weighted by Gasteiger charge is 2.23. The molecule has 0 radical (unpaired) electrons. The van der Waals surface area contributed by atoms with E-state index in [-0.39, 0.29) is 5.91 Å². The summed E-state index contributed by atoms with van der Waals surface area (Å²) in [4.78, 5) is 18.3. The molecule has 0 bridgehead atoms. The first-order valence-corrected chi connectivity index (χ1v) is 6.46. The summed E-state index contributed by atoms with van der Waals surface area (Å²) >= 11 is 0. The van der Waals surface area contributed by atoms with Gasteiger partial charge in [-0.2, -0.15) is 0 Å². The van der Waals surface area contributed by atoms with Gasteiger partial charge in [-0.1, -0.05) is 18.2 Å². The van der Waals surface area contributed by atoms with Crippen LogP contribution in [0, 0.1) is 0 Å². The number of hydrogen-bond donors (Lipinski definition) is 1. The van der Waals surface area contributed by atoms with E-state index in [1.54, 1.807) is 17.2 Å². The number of carbonyl (C=O) groups excluding carboxylic acids is 1. The molecule has 2 aromatic rings. The third-order valence-corrected chi connectivity index (χ3v) is 3.31. The van der Waals surface area contributed by atoms with E-state index in [1.807, 2.05) is 30.3 Å². The smallest absolute Gasteiger partial charge is 0.258 e. The summed E-state index contributed by atoms with van der Waals surface area (Å²) < 4.78 is 5.61. The van der Waals surface area contributed by atoms with Crippen molar-refractivity contribution in [2.45, 2.75) is 6.54 Å². The number of rotatable bonds is 2. The Bertz CT molecular complexity index is 643. The number of hydrogen-bond acceptors (Lipinski definition) is 4. The molecule has 102 valence electrons. The van der Waals surface area contributed by atoms with Crippen molar-refractivity contribution in [2.75, 3.05) is 18.9 Å². The lowest BCUT2D eigenvalue weighted by molar-refractivity contribution is 0.0743. The minimum absolute atomic E-state index is 0.0404. The second kappa shape index (κ2) is 5.21. The molecule has 1 aromatic heterocycles. The molecule has 1 aromatic carbocycles. The maximum Gasteiger partial charge on any atom is 0.258 e. The quantitative estimate of drug-likeness (QED) is 0.901. The lowest BCUT2D eigenvalue weighted by Gasteiger charge is -2.20. The molecule has 0 unspecified atom stereocenters. The van der Waals surface area contributed by atoms with Crippen LogP contribution in [0.25, 0.3) is 0 Å². The van der Waals surface area contributed by atoms with Gasteiger partial charge in [0.15, 0.2) is 0 Å². The van der Waals surface area contributed by atoms with Gasteiger partial charge in [0.1, 0.15) is 18.2 Å². The maximum absolute atomic E-state index is 12.5. The molecule has 1 aliphatic rings. The van der Waals surface area contributed by atoms with Crippen LogP contribution in [0.15, 0.2) is 42.6 Å². The second-order valence-electron chi connectivity index (χ2n) is 4.62. The molecule has 1 amide bonds. The van der Waals surface area contributed by atoms with E-state index >= 15 is 0 Å². The molecule has 0 fully saturated rings. The predicted molar refractivity (Wildman–Crippen MR) is 75.3 cm³/mol. The van der Waals surface area contributed by atoms with Gasteiger partial charge >= 0.3 is 0 Å². The van der Waals surface area contributed by atoms with E-state index in [0.717, 1.165) is 5.56 Å². The third kappa shape index (κ3) is 2.30. The highest BCUT2D eigenvalue weighted by molar-refractivity contribution is 5.97. The molecule has 2 heterocycles. The van der Waals surface area contributed by atoms with Crippen LogP contribution >= 0.6 is 0 Å². The van der Waals surface area contributed by atoms with E-state index in [4.69, 9.17) is 10.5 Å². The zero-order valence-electron chi connectivity index (χ0n) is 11.0. The fraction of sp³-hybridized carbons (Fsp3) is 0.200. The Hall–Kier alpha value is -2.56. The van der Waals surface area contributed by atoms with Crippen LogP contribution in [0.2, 0.25) is 0 Å². The number of nitrogens with zero attached hydrogens (tertiary/aromatic N) is 2. The number of anilines is 1. The van der Waals surface area contributed by atoms with Crippen LogP contribution in [-0.4, -0.2) is 28.9 Å². The Morgan fingerprint density at radius 1 is 1.25 bits per heavy atom. The van der Waals surface area contributed by atoms with Crippen LogP contribution in [0.3, 0.4) is 0 Å². The van der Waals surface area contributed by atoms with Crippen molar-refractivity contribution in [3.63, 3.8) is 0 Å². The summed E-state index contributed by atoms with van der Waals surface area (Å²) in [7, 11) is 0. The maximum atomic E-state index is 12.5. The number of nitrogen functional groups attached to an aromatic ring is 1. The summed E-state index contributed by atoms with van der Waals surface area (Å²) in [5.74, 6) is 1.05. The number of para-hydroxylation sites is 1. The van der Waals surface area contributed by atoms with Crippen molar-refractivity contribution in [2.24, 2.45) is 0 Å². The zero-order chi connectivity index (χ0) is 13.9. The van der Waals surface area contributed by atoms with Gasteiger partial charge in [-0.25, -0.2) is 4.98 Å². The first-order chi connectivity index (χ1) is 9.75. The fourth-order valence-electron chi connectivity index (χ4n) is 2.25. The molecule has 0 spiro atoms. The summed E-state index contributed by atoms with van der Waals surface area (Å²) in [6.07, 6.45) is 1.64. The largest absolute Gasteiger partial charge is 0.491 e. The Morgan fingerprint density at radius 3 is 2.95 bits per heavy atom. The Morgan fingerprint density at radius 2 is 2.10 bits per heavy atom. The van der Waals surface area contributed by atoms with Crippen molar-refractivity contribution >= 4 is 11.7 Å². The van der Waals surface area contributed by atoms with Gasteiger partial charge in [-0.15, -0.1) is 0 Å². The third-order valence-electron chi connectivity index (χ3n) is 3.31. The van der Waals surface area contributed by atoms with Crippen molar-refractivity contribution in [1.29, 1.82) is 0 Å². The van der Waals surface area contributed by atoms with E-state index in [1.165, 1.54) is 0 Å². The average molecular weight is 269 g/mol. The molecule has 0 atom stereocenters. The first-order valence-electron chi connectivity index (χ1n) is 6.46. The SMILES string of the molecule is Nc1ncccc1CN1CCOc2ccccc2C1=O. The number of carbonyl (C=O) groups is 1. The van der Waals surface area contributed by atoms with Crippen LogP contribution in [0.4, 0.5) is 5.82 Å². The highest BCUT2D eigenvalue weighted by Crippen LogP contribution is 2.24. The standard InChI is InChI=1S/C15H15N3O2/c16-14-11(4-3-7-17-14)10-18-8-9-20-13-6-2-1-5-12(13)15(18)19/h1-7H,8-10H2,(H2,16,17). The number of aromatic nitrogens is 1. The van der Waals surface area contributed by atoms with Gasteiger partial charge in [-0.05, 0) is 18.2 Å². The van der Waals surface area contributed by atoms with Crippen molar-refractivity contribution < 1.29 is 9.53 Å². The summed E-state index contributed by atoms with van der Waals surface area (Å²) in [6, 6.07) is 11.0. The van der Waals surface area contributed by atoms with Gasteiger partial charge in [0.05, 0.1) is 12.1 Å². The molecule has 1 aliphatic heterocycles. The number of ether oxygens (including phenoxy) is 1. The normalized spacial score (nSPS) is 14.4. The molecule has 0 aliphatic carbocycles. The monoisotopic (exact) mass is 269 g/mol. The summed E-state index contributed by atoms with van der Waals surface area (Å²) in [5.41, 5.74) is 7.27.